The van der Waals surface area contributed by atoms with Crippen LogP contribution in [-0.4, -0.2) is 41.3 Å². The second-order valence-electron chi connectivity index (χ2n) is 6.67. The van der Waals surface area contributed by atoms with Gasteiger partial charge in [-0.1, -0.05) is 23.8 Å². The van der Waals surface area contributed by atoms with Crippen LogP contribution in [0.4, 0.5) is 5.69 Å². The van der Waals surface area contributed by atoms with Gasteiger partial charge in [0, 0.05) is 10.9 Å². The molecule has 0 saturated heterocycles. The molecule has 0 aliphatic rings. The van der Waals surface area contributed by atoms with Crippen molar-refractivity contribution in [3.63, 3.8) is 0 Å². The highest BCUT2D eigenvalue weighted by Crippen LogP contribution is 2.33. The summed E-state index contributed by atoms with van der Waals surface area (Å²) in [7, 11) is -1.12. The summed E-state index contributed by atoms with van der Waals surface area (Å²) in [5.41, 5.74) is 3.55. The summed E-state index contributed by atoms with van der Waals surface area (Å²) in [4.78, 5) is 13.5. The highest BCUT2D eigenvalue weighted by Gasteiger charge is 2.28. The summed E-state index contributed by atoms with van der Waals surface area (Å²) in [6.45, 7) is 1.38. The van der Waals surface area contributed by atoms with E-state index in [9.17, 15) is 13.2 Å². The van der Waals surface area contributed by atoms with E-state index in [1.807, 2.05) is 24.4 Å². The number of sulfonamides is 1. The van der Waals surface area contributed by atoms with Crippen LogP contribution in [0.3, 0.4) is 0 Å². The molecule has 1 heterocycles. The molecule has 1 aromatic heterocycles. The summed E-state index contributed by atoms with van der Waals surface area (Å²) in [5.74, 6) is 0.183. The number of ether oxygens (including phenoxy) is 2. The van der Waals surface area contributed by atoms with Gasteiger partial charge in [-0.05, 0) is 42.6 Å². The number of thiophene rings is 1. The van der Waals surface area contributed by atoms with Crippen LogP contribution in [0, 0.1) is 6.92 Å². The van der Waals surface area contributed by atoms with Crippen molar-refractivity contribution >= 4 is 39.2 Å². The lowest BCUT2D eigenvalue weighted by atomic mass is 10.2. The van der Waals surface area contributed by atoms with E-state index < -0.39 is 22.5 Å². The number of amides is 1. The highest BCUT2D eigenvalue weighted by molar-refractivity contribution is 7.92. The number of hydrogen-bond acceptors (Lipinski definition) is 7. The molecule has 0 saturated carbocycles. The summed E-state index contributed by atoms with van der Waals surface area (Å²) in [6, 6.07) is 14.8. The molecule has 0 aliphatic heterocycles. The van der Waals surface area contributed by atoms with Crippen molar-refractivity contribution in [3.05, 3.63) is 70.4 Å². The van der Waals surface area contributed by atoms with Crippen molar-refractivity contribution in [3.8, 4) is 11.5 Å². The van der Waals surface area contributed by atoms with Gasteiger partial charge in [-0.2, -0.15) is 5.10 Å². The normalized spacial score (nSPS) is 11.3. The summed E-state index contributed by atoms with van der Waals surface area (Å²) in [6.07, 6.45) is 1.50. The number of aryl methyl sites for hydroxylation is 1. The van der Waals surface area contributed by atoms with Crippen LogP contribution in [-0.2, 0) is 14.8 Å². The maximum Gasteiger partial charge on any atom is 0.264 e. The van der Waals surface area contributed by atoms with E-state index in [0.29, 0.717) is 11.5 Å². The minimum absolute atomic E-state index is 0.0628. The maximum atomic E-state index is 13.4. The molecule has 1 amide bonds. The molecule has 2 aromatic carbocycles. The molecule has 3 rings (SSSR count). The molecule has 0 bridgehead atoms. The van der Waals surface area contributed by atoms with E-state index in [1.165, 1.54) is 50.0 Å². The fourth-order valence-corrected chi connectivity index (χ4v) is 4.83. The van der Waals surface area contributed by atoms with Crippen LogP contribution < -0.4 is 19.2 Å². The molecule has 0 spiro atoms. The Hall–Kier alpha value is -3.37. The standard InChI is InChI=1S/C22H23N3O5S2/c1-16-6-9-19(10-7-16)32(27,28)25(17-8-11-20(29-2)21(13-17)30-3)15-22(26)24-23-14-18-5-4-12-31-18/h4-14H,15H2,1-3H3,(H,24,26)/b23-14-. The fraction of sp³-hybridized carbons (Fsp3) is 0.182. The number of carbonyl (C=O) groups excluding carboxylic acids is 1. The van der Waals surface area contributed by atoms with E-state index in [1.54, 1.807) is 24.3 Å². The van der Waals surface area contributed by atoms with E-state index in [4.69, 9.17) is 9.47 Å². The SMILES string of the molecule is COc1ccc(N(CC(=O)N/N=C\c2cccs2)S(=O)(=O)c2ccc(C)cc2)cc1OC. The first-order valence-corrected chi connectivity index (χ1v) is 11.8. The number of carbonyl (C=O) groups is 1. The largest absolute Gasteiger partial charge is 0.493 e. The molecule has 0 atom stereocenters. The molecule has 1 N–H and O–H groups in total. The Balaban J connectivity index is 1.93. The molecule has 168 valence electrons. The lowest BCUT2D eigenvalue weighted by Gasteiger charge is -2.24. The fourth-order valence-electron chi connectivity index (χ4n) is 2.83. The Bertz CT molecular complexity index is 1190. The topological polar surface area (TPSA) is 97.3 Å². The predicted octanol–water partition coefficient (Wildman–Crippen LogP) is 3.42. The average Bonchev–Trinajstić information content (AvgIpc) is 3.30. The van der Waals surface area contributed by atoms with Gasteiger partial charge in [-0.25, -0.2) is 13.8 Å². The number of nitrogens with one attached hydrogen (secondary N) is 1. The van der Waals surface area contributed by atoms with Crippen LogP contribution in [0.15, 0.2) is 70.0 Å². The number of rotatable bonds is 9. The van der Waals surface area contributed by atoms with Gasteiger partial charge < -0.3 is 9.47 Å². The molecular weight excluding hydrogens is 450 g/mol. The van der Waals surface area contributed by atoms with Crippen molar-refractivity contribution in [1.82, 2.24) is 5.43 Å². The van der Waals surface area contributed by atoms with Gasteiger partial charge in [0.15, 0.2) is 11.5 Å². The Morgan fingerprint density at radius 2 is 1.81 bits per heavy atom. The van der Waals surface area contributed by atoms with Crippen molar-refractivity contribution in [2.45, 2.75) is 11.8 Å². The van der Waals surface area contributed by atoms with Crippen LogP contribution in [0.25, 0.3) is 0 Å². The molecule has 32 heavy (non-hydrogen) atoms. The molecular formula is C22H23N3O5S2. The Labute approximate surface area is 191 Å². The molecule has 0 unspecified atom stereocenters. The predicted molar refractivity (Wildman–Crippen MR) is 125 cm³/mol. The maximum absolute atomic E-state index is 13.4. The zero-order valence-electron chi connectivity index (χ0n) is 17.8. The second kappa shape index (κ2) is 10.3. The van der Waals surface area contributed by atoms with Crippen LogP contribution in [0.2, 0.25) is 0 Å². The number of methoxy groups -OCH3 is 2. The number of hydrazone groups is 1. The first-order valence-electron chi connectivity index (χ1n) is 9.52. The summed E-state index contributed by atoms with van der Waals surface area (Å²) < 4.78 is 38.4. The number of hydrogen-bond donors (Lipinski definition) is 1. The average molecular weight is 474 g/mol. The lowest BCUT2D eigenvalue weighted by molar-refractivity contribution is -0.119. The van der Waals surface area contributed by atoms with Crippen LogP contribution in [0.1, 0.15) is 10.4 Å². The van der Waals surface area contributed by atoms with Gasteiger partial charge in [-0.15, -0.1) is 11.3 Å². The van der Waals surface area contributed by atoms with Crippen molar-refractivity contribution < 1.29 is 22.7 Å². The quantitative estimate of drug-likeness (QED) is 0.379. The van der Waals surface area contributed by atoms with E-state index in [-0.39, 0.29) is 10.6 Å². The molecule has 0 radical (unpaired) electrons. The van der Waals surface area contributed by atoms with Crippen molar-refractivity contribution in [2.75, 3.05) is 25.1 Å². The number of anilines is 1. The second-order valence-corrected chi connectivity index (χ2v) is 9.51. The van der Waals surface area contributed by atoms with Gasteiger partial charge in [0.25, 0.3) is 15.9 Å². The van der Waals surface area contributed by atoms with E-state index >= 15 is 0 Å². The van der Waals surface area contributed by atoms with Crippen LogP contribution in [0.5, 0.6) is 11.5 Å². The smallest absolute Gasteiger partial charge is 0.264 e. The third-order valence-corrected chi connectivity index (χ3v) is 7.07. The Morgan fingerprint density at radius 3 is 2.44 bits per heavy atom. The van der Waals surface area contributed by atoms with Crippen LogP contribution >= 0.6 is 11.3 Å². The zero-order chi connectivity index (χ0) is 23.1. The van der Waals surface area contributed by atoms with E-state index in [2.05, 4.69) is 10.5 Å². The minimum Gasteiger partial charge on any atom is -0.493 e. The molecule has 0 aliphatic carbocycles. The van der Waals surface area contributed by atoms with Crippen molar-refractivity contribution in [2.24, 2.45) is 5.10 Å². The van der Waals surface area contributed by atoms with E-state index in [0.717, 1.165) is 14.7 Å². The highest BCUT2D eigenvalue weighted by atomic mass is 32.2. The Kier molecular flexibility index (Phi) is 7.49. The lowest BCUT2D eigenvalue weighted by Crippen LogP contribution is -2.39. The molecule has 10 heteroatoms. The third-order valence-electron chi connectivity index (χ3n) is 4.48. The van der Waals surface area contributed by atoms with Gasteiger partial charge >= 0.3 is 0 Å². The van der Waals surface area contributed by atoms with Gasteiger partial charge in [0.05, 0.1) is 31.0 Å². The Morgan fingerprint density at radius 1 is 1.09 bits per heavy atom. The zero-order valence-corrected chi connectivity index (χ0v) is 19.4. The monoisotopic (exact) mass is 473 g/mol. The summed E-state index contributed by atoms with van der Waals surface area (Å²) >= 11 is 1.46. The van der Waals surface area contributed by atoms with Gasteiger partial charge in [0.1, 0.15) is 6.54 Å². The number of nitrogens with zero attached hydrogens (tertiary/aromatic N) is 2. The molecule has 3 aromatic rings. The van der Waals surface area contributed by atoms with Crippen molar-refractivity contribution in [1.29, 1.82) is 0 Å². The van der Waals surface area contributed by atoms with Gasteiger partial charge in [0.2, 0.25) is 0 Å². The molecule has 8 nitrogen and oxygen atoms in total. The summed E-state index contributed by atoms with van der Waals surface area (Å²) in [5, 5.41) is 5.79. The first kappa shape index (κ1) is 23.3. The first-order chi connectivity index (χ1) is 15.3. The minimum atomic E-state index is -4.05. The molecule has 0 fully saturated rings. The van der Waals surface area contributed by atoms with Gasteiger partial charge in [-0.3, -0.25) is 9.10 Å². The number of benzene rings is 2. The third kappa shape index (κ3) is 5.45.